The summed E-state index contributed by atoms with van der Waals surface area (Å²) in [7, 11) is 0. The van der Waals surface area contributed by atoms with Crippen LogP contribution in [0.3, 0.4) is 0 Å². The first kappa shape index (κ1) is 89.7. The number of rotatable bonds is 65. The second kappa shape index (κ2) is 65.9. The lowest BCUT2D eigenvalue weighted by atomic mass is 9.97. The Morgan fingerprint density at radius 3 is 1.09 bits per heavy atom. The van der Waals surface area contributed by atoms with E-state index in [1.165, 1.54) is 193 Å². The lowest BCUT2D eigenvalue weighted by Gasteiger charge is -2.46. The van der Waals surface area contributed by atoms with Crippen LogP contribution in [0.1, 0.15) is 316 Å². The number of carbonyl (C=O) groups is 1. The molecule has 12 atom stereocenters. The number of amides is 1. The van der Waals surface area contributed by atoms with E-state index in [-0.39, 0.29) is 18.9 Å². The summed E-state index contributed by atoms with van der Waals surface area (Å²) in [5.41, 5.74) is 0. The molecule has 14 nitrogen and oxygen atoms in total. The Labute approximate surface area is 591 Å². The summed E-state index contributed by atoms with van der Waals surface area (Å²) in [6.45, 7) is 2.72. The molecule has 2 saturated heterocycles. The summed E-state index contributed by atoms with van der Waals surface area (Å²) in [6.07, 6.45) is 78.6. The lowest BCUT2D eigenvalue weighted by Crippen LogP contribution is -2.65. The van der Waals surface area contributed by atoms with Gasteiger partial charge in [-0.3, -0.25) is 4.79 Å². The van der Waals surface area contributed by atoms with Crippen molar-refractivity contribution in [3.63, 3.8) is 0 Å². The molecule has 97 heavy (non-hydrogen) atoms. The third-order valence-corrected chi connectivity index (χ3v) is 18.7. The van der Waals surface area contributed by atoms with Gasteiger partial charge in [0.1, 0.15) is 48.8 Å². The van der Waals surface area contributed by atoms with E-state index in [4.69, 9.17) is 18.9 Å². The second-order valence-electron chi connectivity index (χ2n) is 27.5. The van der Waals surface area contributed by atoms with E-state index < -0.39 is 86.8 Å². The number of hydrogen-bond acceptors (Lipinski definition) is 13. The summed E-state index contributed by atoms with van der Waals surface area (Å²) in [5, 5.41) is 87.7. The van der Waals surface area contributed by atoms with Crippen LogP contribution in [0.25, 0.3) is 0 Å². The summed E-state index contributed by atoms with van der Waals surface area (Å²) in [4.78, 5) is 13.4. The van der Waals surface area contributed by atoms with E-state index in [1.54, 1.807) is 6.08 Å². The minimum absolute atomic E-state index is 0.244. The zero-order valence-electron chi connectivity index (χ0n) is 61.3. The Morgan fingerprint density at radius 2 is 0.711 bits per heavy atom. The fourth-order valence-corrected chi connectivity index (χ4v) is 12.5. The zero-order valence-corrected chi connectivity index (χ0v) is 61.3. The number of carbonyl (C=O) groups excluding carboxylic acids is 1. The van der Waals surface area contributed by atoms with E-state index in [1.807, 2.05) is 6.08 Å². The third-order valence-electron chi connectivity index (χ3n) is 18.7. The van der Waals surface area contributed by atoms with Crippen LogP contribution >= 0.6 is 0 Å². The third kappa shape index (κ3) is 49.0. The molecule has 14 heteroatoms. The number of nitrogens with one attached hydrogen (secondary N) is 1. The van der Waals surface area contributed by atoms with E-state index >= 15 is 0 Å². The summed E-state index contributed by atoms with van der Waals surface area (Å²) in [6, 6.07) is -0.926. The number of unbranched alkanes of at least 4 members (excludes halogenated alkanes) is 36. The average molecular weight is 1370 g/mol. The maximum atomic E-state index is 13.4. The number of aliphatic hydroxyl groups is 8. The Kier molecular flexibility index (Phi) is 61.0. The van der Waals surface area contributed by atoms with Crippen molar-refractivity contribution in [3.8, 4) is 0 Å². The fraction of sp³-hybridized carbons (Fsp3) is 0.771. The second-order valence-corrected chi connectivity index (χ2v) is 27.5. The molecule has 0 saturated carbocycles. The normalized spacial score (nSPS) is 22.7. The smallest absolute Gasteiger partial charge is 0.220 e. The maximum Gasteiger partial charge on any atom is 0.220 e. The molecule has 9 N–H and O–H groups in total. The Bertz CT molecular complexity index is 2050. The number of aliphatic hydroxyl groups excluding tert-OH is 8. The summed E-state index contributed by atoms with van der Waals surface area (Å²) < 4.78 is 22.9. The largest absolute Gasteiger partial charge is 0.394 e. The van der Waals surface area contributed by atoms with Crippen LogP contribution < -0.4 is 5.32 Å². The molecular formula is C83H145NO13. The molecule has 0 aromatic heterocycles. The van der Waals surface area contributed by atoms with Gasteiger partial charge in [0.15, 0.2) is 12.6 Å². The van der Waals surface area contributed by atoms with E-state index in [0.29, 0.717) is 6.42 Å². The van der Waals surface area contributed by atoms with Gasteiger partial charge in [0, 0.05) is 6.42 Å². The van der Waals surface area contributed by atoms with Crippen molar-refractivity contribution in [2.45, 2.75) is 389 Å². The minimum atomic E-state index is -1.79. The predicted octanol–water partition coefficient (Wildman–Crippen LogP) is 17.9. The van der Waals surface area contributed by atoms with Gasteiger partial charge in [-0.15, -0.1) is 0 Å². The molecule has 2 heterocycles. The molecular weight excluding hydrogens is 1220 g/mol. The standard InChI is InChI=1S/C83H145NO13/c1-3-5-7-9-11-13-15-17-19-21-23-25-27-29-31-33-34-35-36-37-38-39-41-43-45-47-49-51-53-55-57-59-61-63-65-67-75(88)84-71(70-94-82-80(93)78(91)81(74(69-86)96-82)97-83-79(92)77(90)76(89)73(68-85)95-83)72(87)66-64-62-60-58-56-54-52-50-48-46-44-42-40-32-30-28-26-24-22-20-18-16-14-12-10-8-6-4-2/h5,7,11,13,17,19,23,25,29,31,34-35,37-38,41,43,64,66,71-74,76-83,85-87,89-93H,3-4,6,8-10,12,14-16,18,20-22,24,26-28,30,32-33,36,39-40,42,44-63,65,67-70H2,1-2H3,(H,84,88)/b7-5-,13-11-,19-17-,25-23-,31-29-,35-34-,38-37-,43-41-,66-64+. The summed E-state index contributed by atoms with van der Waals surface area (Å²) >= 11 is 0. The average Bonchev–Trinajstić information content (AvgIpc) is 0.793. The van der Waals surface area contributed by atoms with Crippen molar-refractivity contribution in [3.05, 3.63) is 109 Å². The molecule has 2 fully saturated rings. The van der Waals surface area contributed by atoms with Gasteiger partial charge in [-0.2, -0.15) is 0 Å². The predicted molar refractivity (Wildman–Crippen MR) is 401 cm³/mol. The molecule has 2 rings (SSSR count). The number of ether oxygens (including phenoxy) is 4. The van der Waals surface area contributed by atoms with Crippen molar-refractivity contribution < 1.29 is 64.6 Å². The molecule has 560 valence electrons. The molecule has 2 aliphatic rings. The highest BCUT2D eigenvalue weighted by atomic mass is 16.7. The van der Waals surface area contributed by atoms with Gasteiger partial charge in [0.05, 0.1) is 32.0 Å². The maximum absolute atomic E-state index is 13.4. The molecule has 2 aliphatic heterocycles. The van der Waals surface area contributed by atoms with Crippen molar-refractivity contribution in [2.75, 3.05) is 19.8 Å². The van der Waals surface area contributed by atoms with Crippen LogP contribution in [0.5, 0.6) is 0 Å². The van der Waals surface area contributed by atoms with Crippen LogP contribution in [0, 0.1) is 0 Å². The summed E-state index contributed by atoms with van der Waals surface area (Å²) in [5.74, 6) is -0.244. The molecule has 12 unspecified atom stereocenters. The first-order valence-electron chi connectivity index (χ1n) is 39.6. The van der Waals surface area contributed by atoms with E-state index in [2.05, 4.69) is 116 Å². The molecule has 0 bridgehead atoms. The van der Waals surface area contributed by atoms with Gasteiger partial charge in [0.25, 0.3) is 0 Å². The first-order valence-corrected chi connectivity index (χ1v) is 39.6. The molecule has 0 spiro atoms. The lowest BCUT2D eigenvalue weighted by molar-refractivity contribution is -0.359. The molecule has 0 aromatic rings. The molecule has 1 amide bonds. The fourth-order valence-electron chi connectivity index (χ4n) is 12.5. The van der Waals surface area contributed by atoms with Gasteiger partial charge in [0.2, 0.25) is 5.91 Å². The van der Waals surface area contributed by atoms with E-state index in [9.17, 15) is 45.6 Å². The number of allylic oxidation sites excluding steroid dienone is 17. The van der Waals surface area contributed by atoms with Gasteiger partial charge >= 0.3 is 0 Å². The Hall–Kier alpha value is -3.35. The topological polar surface area (TPSA) is 228 Å². The van der Waals surface area contributed by atoms with Gasteiger partial charge in [-0.1, -0.05) is 335 Å². The SMILES string of the molecule is CC/C=C\C/C=C\C/C=C\C/C=C\C/C=C\C/C=C\C/C=C\C/C=C\CCCCCCCCCCCCC(=O)NC(COC1OC(CO)C(OC2OC(CO)C(O)C(O)C2O)C(O)C1O)C(O)/C=C/CCCCCCCCCCCCCCCCCCCCCCCCCCCC. The van der Waals surface area contributed by atoms with Crippen LogP contribution in [0.4, 0.5) is 0 Å². The highest BCUT2D eigenvalue weighted by Gasteiger charge is 2.51. The van der Waals surface area contributed by atoms with Gasteiger partial charge in [-0.25, -0.2) is 0 Å². The highest BCUT2D eigenvalue weighted by Crippen LogP contribution is 2.30. The molecule has 0 aliphatic carbocycles. The number of hydrogen-bond donors (Lipinski definition) is 9. The van der Waals surface area contributed by atoms with E-state index in [0.717, 1.165) is 96.3 Å². The van der Waals surface area contributed by atoms with Crippen molar-refractivity contribution in [1.29, 1.82) is 0 Å². The minimum Gasteiger partial charge on any atom is -0.394 e. The van der Waals surface area contributed by atoms with Crippen LogP contribution in [0.15, 0.2) is 109 Å². The van der Waals surface area contributed by atoms with Gasteiger partial charge in [-0.05, 0) is 83.5 Å². The zero-order chi connectivity index (χ0) is 70.1. The quantitative estimate of drug-likeness (QED) is 0.0204. The van der Waals surface area contributed by atoms with Crippen LogP contribution in [-0.2, 0) is 23.7 Å². The Morgan fingerprint density at radius 1 is 0.381 bits per heavy atom. The highest BCUT2D eigenvalue weighted by molar-refractivity contribution is 5.76. The Balaban J connectivity index is 1.64. The molecule has 0 radical (unpaired) electrons. The van der Waals surface area contributed by atoms with Crippen molar-refractivity contribution >= 4 is 5.91 Å². The monoisotopic (exact) mass is 1360 g/mol. The van der Waals surface area contributed by atoms with Crippen molar-refractivity contribution in [1.82, 2.24) is 5.32 Å². The first-order chi connectivity index (χ1) is 47.6. The van der Waals surface area contributed by atoms with Crippen molar-refractivity contribution in [2.24, 2.45) is 0 Å². The molecule has 0 aromatic carbocycles. The van der Waals surface area contributed by atoms with Gasteiger partial charge < -0.3 is 65.1 Å². The van der Waals surface area contributed by atoms with Crippen LogP contribution in [-0.4, -0.2) is 140 Å². The van der Waals surface area contributed by atoms with Crippen LogP contribution in [0.2, 0.25) is 0 Å².